The van der Waals surface area contributed by atoms with Gasteiger partial charge in [0.05, 0.1) is 5.84 Å². The van der Waals surface area contributed by atoms with Gasteiger partial charge in [0.1, 0.15) is 0 Å². The summed E-state index contributed by atoms with van der Waals surface area (Å²) in [5.41, 5.74) is 6.93. The molecule has 1 aromatic rings. The highest BCUT2D eigenvalue weighted by atomic mass is 32.1. The minimum absolute atomic E-state index is 0.172. The van der Waals surface area contributed by atoms with E-state index in [-0.39, 0.29) is 5.41 Å². The average Bonchev–Trinajstić information content (AvgIpc) is 2.73. The summed E-state index contributed by atoms with van der Waals surface area (Å²) in [6.45, 7) is 7.33. The predicted molar refractivity (Wildman–Crippen MR) is 73.6 cm³/mol. The van der Waals surface area contributed by atoms with Gasteiger partial charge in [0.2, 0.25) is 0 Å². The second-order valence-electron chi connectivity index (χ2n) is 5.44. The molecule has 94 valence electrons. The number of hydrogen-bond acceptors (Lipinski definition) is 3. The maximum atomic E-state index is 7.57. The summed E-state index contributed by atoms with van der Waals surface area (Å²) in [5.74, 6) is 0.297. The van der Waals surface area contributed by atoms with Crippen LogP contribution in [0.15, 0.2) is 11.4 Å². The van der Waals surface area contributed by atoms with Crippen molar-refractivity contribution in [3.8, 4) is 0 Å². The average molecular weight is 251 g/mol. The number of hydrogen-bond donors (Lipinski definition) is 2. The Morgan fingerprint density at radius 1 is 1.59 bits per heavy atom. The van der Waals surface area contributed by atoms with Crippen molar-refractivity contribution in [1.29, 1.82) is 5.41 Å². The third-order valence-corrected chi connectivity index (χ3v) is 4.69. The monoisotopic (exact) mass is 251 g/mol. The summed E-state index contributed by atoms with van der Waals surface area (Å²) < 4.78 is 0. The van der Waals surface area contributed by atoms with E-state index in [4.69, 9.17) is 11.1 Å². The Bertz CT molecular complexity index is 409. The Morgan fingerprint density at radius 3 is 3.06 bits per heavy atom. The first-order chi connectivity index (χ1) is 7.99. The smallest absolute Gasteiger partial charge is 0.0963 e. The van der Waals surface area contributed by atoms with Gasteiger partial charge < -0.3 is 5.73 Å². The lowest BCUT2D eigenvalue weighted by Crippen LogP contribution is -2.37. The maximum Gasteiger partial charge on any atom is 0.0963 e. The highest BCUT2D eigenvalue weighted by molar-refractivity contribution is 7.10. The highest BCUT2D eigenvalue weighted by Gasteiger charge is 2.24. The van der Waals surface area contributed by atoms with Gasteiger partial charge in [-0.1, -0.05) is 13.8 Å². The van der Waals surface area contributed by atoms with Crippen molar-refractivity contribution in [1.82, 2.24) is 4.90 Å². The zero-order valence-corrected chi connectivity index (χ0v) is 11.4. The van der Waals surface area contributed by atoms with Gasteiger partial charge in [-0.2, -0.15) is 0 Å². The fourth-order valence-corrected chi connectivity index (χ4v) is 2.96. The van der Waals surface area contributed by atoms with Crippen LogP contribution in [0.2, 0.25) is 0 Å². The first-order valence-electron chi connectivity index (χ1n) is 6.11. The lowest BCUT2D eigenvalue weighted by molar-refractivity contribution is 0.229. The molecule has 0 radical (unpaired) electrons. The van der Waals surface area contributed by atoms with Crippen molar-refractivity contribution >= 4 is 17.2 Å². The highest BCUT2D eigenvalue weighted by Crippen LogP contribution is 2.26. The van der Waals surface area contributed by atoms with E-state index in [1.54, 1.807) is 4.88 Å². The third-order valence-electron chi connectivity index (χ3n) is 3.67. The molecule has 0 aromatic carbocycles. The van der Waals surface area contributed by atoms with Crippen molar-refractivity contribution in [2.75, 3.05) is 13.1 Å². The molecule has 1 aliphatic heterocycles. The van der Waals surface area contributed by atoms with Crippen molar-refractivity contribution in [2.45, 2.75) is 33.2 Å². The normalized spacial score (nSPS) is 16.8. The lowest BCUT2D eigenvalue weighted by atomic mass is 9.87. The first kappa shape index (κ1) is 12.6. The van der Waals surface area contributed by atoms with E-state index in [9.17, 15) is 0 Å². The van der Waals surface area contributed by atoms with Crippen LogP contribution in [0.4, 0.5) is 0 Å². The fraction of sp³-hybridized carbons (Fsp3) is 0.615. The zero-order valence-electron chi connectivity index (χ0n) is 10.6. The second kappa shape index (κ2) is 4.78. The minimum Gasteiger partial charge on any atom is -0.387 e. The van der Waals surface area contributed by atoms with Gasteiger partial charge in [-0.05, 0) is 36.4 Å². The molecule has 2 heterocycles. The van der Waals surface area contributed by atoms with Crippen LogP contribution in [0.3, 0.4) is 0 Å². The van der Waals surface area contributed by atoms with Gasteiger partial charge in [0, 0.05) is 23.4 Å². The van der Waals surface area contributed by atoms with Crippen LogP contribution in [-0.2, 0) is 13.0 Å². The van der Waals surface area contributed by atoms with Crippen molar-refractivity contribution < 1.29 is 0 Å². The quantitative estimate of drug-likeness (QED) is 0.638. The molecule has 0 fully saturated rings. The molecule has 0 aliphatic carbocycles. The molecule has 0 spiro atoms. The number of rotatable bonds is 4. The van der Waals surface area contributed by atoms with Gasteiger partial charge in [-0.15, -0.1) is 11.3 Å². The second-order valence-corrected chi connectivity index (χ2v) is 6.44. The molecule has 3 nitrogen and oxygen atoms in total. The van der Waals surface area contributed by atoms with E-state index in [0.717, 1.165) is 26.1 Å². The van der Waals surface area contributed by atoms with Crippen LogP contribution >= 0.6 is 11.3 Å². The Hall–Kier alpha value is -0.870. The molecule has 0 saturated carbocycles. The van der Waals surface area contributed by atoms with Crippen LogP contribution in [0, 0.1) is 10.8 Å². The van der Waals surface area contributed by atoms with E-state index in [1.807, 2.05) is 11.3 Å². The summed E-state index contributed by atoms with van der Waals surface area (Å²) in [5, 5.41) is 9.76. The van der Waals surface area contributed by atoms with Gasteiger partial charge in [0.25, 0.3) is 0 Å². The molecule has 2 rings (SSSR count). The number of nitrogens with two attached hydrogens (primary N) is 1. The molecule has 0 bridgehead atoms. The number of thiophene rings is 1. The van der Waals surface area contributed by atoms with Gasteiger partial charge in [-0.25, -0.2) is 0 Å². The van der Waals surface area contributed by atoms with Gasteiger partial charge in [-0.3, -0.25) is 10.3 Å². The van der Waals surface area contributed by atoms with E-state index >= 15 is 0 Å². The molecule has 0 atom stereocenters. The molecule has 1 aliphatic rings. The van der Waals surface area contributed by atoms with E-state index in [2.05, 4.69) is 30.2 Å². The van der Waals surface area contributed by atoms with Crippen LogP contribution in [-0.4, -0.2) is 23.8 Å². The van der Waals surface area contributed by atoms with E-state index < -0.39 is 0 Å². The zero-order chi connectivity index (χ0) is 12.5. The minimum atomic E-state index is -0.172. The number of amidine groups is 1. The van der Waals surface area contributed by atoms with Gasteiger partial charge >= 0.3 is 0 Å². The first-order valence-corrected chi connectivity index (χ1v) is 6.99. The molecule has 0 saturated heterocycles. The summed E-state index contributed by atoms with van der Waals surface area (Å²) in [7, 11) is 0. The maximum absolute atomic E-state index is 7.57. The topological polar surface area (TPSA) is 53.1 Å². The van der Waals surface area contributed by atoms with Crippen LogP contribution < -0.4 is 5.73 Å². The lowest BCUT2D eigenvalue weighted by Gasteiger charge is -2.30. The van der Waals surface area contributed by atoms with Crippen LogP contribution in [0.25, 0.3) is 0 Å². The Balaban J connectivity index is 1.88. The molecule has 0 unspecified atom stereocenters. The number of fused-ring (bicyclic) bond motifs is 1. The summed E-state index contributed by atoms with van der Waals surface area (Å²) >= 11 is 1.88. The fourth-order valence-electron chi connectivity index (χ4n) is 2.07. The third kappa shape index (κ3) is 2.87. The van der Waals surface area contributed by atoms with Crippen LogP contribution in [0.5, 0.6) is 0 Å². The molecule has 0 amide bonds. The molecule has 1 aromatic heterocycles. The summed E-state index contributed by atoms with van der Waals surface area (Å²) in [6, 6.07) is 2.24. The largest absolute Gasteiger partial charge is 0.387 e. The van der Waals surface area contributed by atoms with Crippen molar-refractivity contribution in [2.24, 2.45) is 11.1 Å². The summed E-state index contributed by atoms with van der Waals surface area (Å²) in [4.78, 5) is 4.02. The SMILES string of the molecule is CC(C)(CCN1CCc2sccc2C1)C(=N)N. The Kier molecular flexibility index (Phi) is 3.54. The Labute approximate surface area is 107 Å². The molecular weight excluding hydrogens is 230 g/mol. The molecule has 3 N–H and O–H groups in total. The number of nitrogens with zero attached hydrogens (tertiary/aromatic N) is 1. The predicted octanol–water partition coefficient (Wildman–Crippen LogP) is 2.46. The Morgan fingerprint density at radius 2 is 2.35 bits per heavy atom. The van der Waals surface area contributed by atoms with E-state index in [0.29, 0.717) is 5.84 Å². The standard InChI is InChI=1S/C13H21N3S/c1-13(2,12(14)15)5-7-16-6-3-11-10(9-16)4-8-17-11/h4,8H,3,5-7,9H2,1-2H3,(H3,14,15). The van der Waals surface area contributed by atoms with Crippen LogP contribution in [0.1, 0.15) is 30.7 Å². The number of nitrogens with one attached hydrogen (secondary N) is 1. The molecule has 17 heavy (non-hydrogen) atoms. The molecule has 4 heteroatoms. The van der Waals surface area contributed by atoms with Gasteiger partial charge in [0.15, 0.2) is 0 Å². The molecular formula is C13H21N3S. The van der Waals surface area contributed by atoms with E-state index in [1.165, 1.54) is 12.0 Å². The van der Waals surface area contributed by atoms with Crippen molar-refractivity contribution in [3.05, 3.63) is 21.9 Å². The summed E-state index contributed by atoms with van der Waals surface area (Å²) in [6.07, 6.45) is 2.13. The van der Waals surface area contributed by atoms with Crippen molar-refractivity contribution in [3.63, 3.8) is 0 Å².